The topological polar surface area (TPSA) is 59.3 Å². The number of methoxy groups -OCH3 is 1. The molecule has 0 bridgehead atoms. The van der Waals surface area contributed by atoms with Crippen LogP contribution in [0.15, 0.2) is 0 Å². The lowest BCUT2D eigenvalue weighted by Gasteiger charge is -2.20. The molecule has 1 atom stereocenters. The molecule has 0 aliphatic carbocycles. The van der Waals surface area contributed by atoms with Gasteiger partial charge < -0.3 is 9.47 Å². The number of nitriles is 1. The smallest absolute Gasteiger partial charge is 0.305 e. The molecule has 0 saturated heterocycles. The minimum Gasteiger partial charge on any atom is -0.463 e. The highest BCUT2D eigenvalue weighted by Crippen LogP contribution is 2.34. The quantitative estimate of drug-likeness (QED) is 0.387. The fourth-order valence-corrected chi connectivity index (χ4v) is 4.01. The summed E-state index contributed by atoms with van der Waals surface area (Å²) in [4.78, 5) is 11.5. The lowest BCUT2D eigenvalue weighted by molar-refractivity contribution is -0.145. The molecule has 0 aromatic heterocycles. The number of carbonyl (C=O) groups is 1. The second kappa shape index (κ2) is 10.5. The van der Waals surface area contributed by atoms with Crippen LogP contribution >= 0.6 is 35.7 Å². The average molecular weight is 321 g/mol. The van der Waals surface area contributed by atoms with E-state index in [0.717, 1.165) is 9.28 Å². The van der Waals surface area contributed by atoms with Gasteiger partial charge in [0.1, 0.15) is 14.9 Å². The number of esters is 1. The molecule has 0 fully saturated rings. The van der Waals surface area contributed by atoms with Crippen LogP contribution in [0.3, 0.4) is 0 Å². The van der Waals surface area contributed by atoms with Crippen molar-refractivity contribution in [3.05, 3.63) is 0 Å². The molecular formula is C12H19NO3S3. The van der Waals surface area contributed by atoms with Crippen LogP contribution in [0.2, 0.25) is 0 Å². The Morgan fingerprint density at radius 1 is 1.47 bits per heavy atom. The van der Waals surface area contributed by atoms with E-state index in [4.69, 9.17) is 21.7 Å². The van der Waals surface area contributed by atoms with E-state index in [1.165, 1.54) is 23.5 Å². The molecule has 0 rings (SSSR count). The lowest BCUT2D eigenvalue weighted by atomic mass is 10.1. The Morgan fingerprint density at radius 2 is 2.16 bits per heavy atom. The maximum atomic E-state index is 11.5. The van der Waals surface area contributed by atoms with Gasteiger partial charge in [-0.15, -0.1) is 11.8 Å². The summed E-state index contributed by atoms with van der Waals surface area (Å²) in [6.07, 6.45) is 0.630. The molecule has 0 radical (unpaired) electrons. The number of nitrogens with zero attached hydrogens (tertiary/aromatic N) is 1. The molecule has 0 N–H and O–H groups in total. The Bertz CT molecular complexity index is 344. The van der Waals surface area contributed by atoms with Crippen molar-refractivity contribution in [1.29, 1.82) is 5.26 Å². The molecule has 0 amide bonds. The largest absolute Gasteiger partial charge is 0.463 e. The second-order valence-corrected chi connectivity index (χ2v) is 7.81. The molecule has 4 nitrogen and oxygen atoms in total. The maximum absolute atomic E-state index is 11.5. The minimum absolute atomic E-state index is 0.209. The molecule has 108 valence electrons. The fourth-order valence-electron chi connectivity index (χ4n) is 1.11. The summed E-state index contributed by atoms with van der Waals surface area (Å²) in [6, 6.07) is 2.22. The highest BCUT2D eigenvalue weighted by Gasteiger charge is 2.27. The number of rotatable bonds is 8. The molecule has 0 spiro atoms. The van der Waals surface area contributed by atoms with Crippen molar-refractivity contribution in [3.63, 3.8) is 0 Å². The van der Waals surface area contributed by atoms with Crippen molar-refractivity contribution in [2.45, 2.75) is 31.4 Å². The Kier molecular flexibility index (Phi) is 10.3. The van der Waals surface area contributed by atoms with Crippen LogP contribution in [-0.2, 0) is 14.3 Å². The third kappa shape index (κ3) is 9.27. The van der Waals surface area contributed by atoms with E-state index >= 15 is 0 Å². The van der Waals surface area contributed by atoms with Gasteiger partial charge in [0, 0.05) is 13.5 Å². The number of thioether (sulfide) groups is 2. The third-order valence-electron chi connectivity index (χ3n) is 2.16. The van der Waals surface area contributed by atoms with Crippen molar-refractivity contribution >= 4 is 45.2 Å². The molecule has 1 unspecified atom stereocenters. The first-order valence-electron chi connectivity index (χ1n) is 5.89. The van der Waals surface area contributed by atoms with Gasteiger partial charge in [0.05, 0.1) is 12.7 Å². The van der Waals surface area contributed by atoms with Crippen molar-refractivity contribution < 1.29 is 14.3 Å². The maximum Gasteiger partial charge on any atom is 0.305 e. The number of hydrogen-bond acceptors (Lipinski definition) is 7. The van der Waals surface area contributed by atoms with Crippen LogP contribution in [0.5, 0.6) is 0 Å². The van der Waals surface area contributed by atoms with Gasteiger partial charge >= 0.3 is 5.97 Å². The summed E-state index contributed by atoms with van der Waals surface area (Å²) in [5, 5.41) is 9.22. The zero-order valence-electron chi connectivity index (χ0n) is 11.4. The molecule has 0 aliphatic rings. The summed E-state index contributed by atoms with van der Waals surface area (Å²) >= 11 is 8.05. The van der Waals surface area contributed by atoms with Crippen molar-refractivity contribution in [3.8, 4) is 6.07 Å². The van der Waals surface area contributed by atoms with Gasteiger partial charge in [0.15, 0.2) is 0 Å². The highest BCUT2D eigenvalue weighted by molar-refractivity contribution is 8.47. The van der Waals surface area contributed by atoms with Crippen molar-refractivity contribution in [2.24, 2.45) is 0 Å². The van der Waals surface area contributed by atoms with E-state index < -0.39 is 4.75 Å². The molecular weight excluding hydrogens is 302 g/mol. The normalized spacial score (nSPS) is 13.4. The van der Waals surface area contributed by atoms with E-state index in [9.17, 15) is 10.1 Å². The highest BCUT2D eigenvalue weighted by atomic mass is 32.2. The van der Waals surface area contributed by atoms with E-state index in [1.807, 2.05) is 6.92 Å². The first kappa shape index (κ1) is 18.7. The molecule has 19 heavy (non-hydrogen) atoms. The Balaban J connectivity index is 4.13. The van der Waals surface area contributed by atoms with Crippen LogP contribution in [0, 0.1) is 11.3 Å². The molecule has 0 saturated carbocycles. The van der Waals surface area contributed by atoms with E-state index in [-0.39, 0.29) is 19.0 Å². The zero-order chi connectivity index (χ0) is 14.7. The predicted molar refractivity (Wildman–Crippen MR) is 84.4 cm³/mol. The number of carbonyl (C=O) groups excluding carboxylic acids is 1. The van der Waals surface area contributed by atoms with Gasteiger partial charge in [-0.05, 0) is 19.1 Å². The first-order chi connectivity index (χ1) is 8.97. The van der Waals surface area contributed by atoms with Gasteiger partial charge in [-0.1, -0.05) is 30.9 Å². The van der Waals surface area contributed by atoms with Crippen LogP contribution < -0.4 is 0 Å². The summed E-state index contributed by atoms with van der Waals surface area (Å²) in [5.41, 5.74) is 0. The summed E-state index contributed by atoms with van der Waals surface area (Å²) in [6.45, 7) is 4.43. The van der Waals surface area contributed by atoms with Gasteiger partial charge in [-0.3, -0.25) is 4.79 Å². The molecule has 0 aromatic carbocycles. The first-order valence-corrected chi connectivity index (χ1v) is 8.10. The zero-order valence-corrected chi connectivity index (χ0v) is 13.9. The van der Waals surface area contributed by atoms with Crippen molar-refractivity contribution in [2.75, 3.05) is 26.1 Å². The SMILES string of the molecule is CCSC(=S)SC(C)(C#N)CCC(=O)OCCOC. The van der Waals surface area contributed by atoms with Crippen molar-refractivity contribution in [1.82, 2.24) is 0 Å². The Labute approximate surface area is 128 Å². The lowest BCUT2D eigenvalue weighted by Crippen LogP contribution is -2.21. The minimum atomic E-state index is -0.681. The van der Waals surface area contributed by atoms with Crippen LogP contribution in [0.25, 0.3) is 0 Å². The predicted octanol–water partition coefficient (Wildman–Crippen LogP) is 3.01. The Morgan fingerprint density at radius 3 is 2.68 bits per heavy atom. The monoisotopic (exact) mass is 321 g/mol. The van der Waals surface area contributed by atoms with E-state index in [0.29, 0.717) is 13.0 Å². The number of hydrogen-bond donors (Lipinski definition) is 0. The fraction of sp³-hybridized carbons (Fsp3) is 0.750. The number of thiocarbonyl (C=S) groups is 1. The average Bonchev–Trinajstić information content (AvgIpc) is 2.37. The third-order valence-corrected chi connectivity index (χ3v) is 4.81. The Hall–Kier alpha value is -0.290. The second-order valence-electron chi connectivity index (χ2n) is 3.84. The van der Waals surface area contributed by atoms with Crippen LogP contribution in [0.4, 0.5) is 0 Å². The molecule has 0 aliphatic heterocycles. The van der Waals surface area contributed by atoms with Crippen LogP contribution in [0.1, 0.15) is 26.7 Å². The molecule has 0 aromatic rings. The standard InChI is InChI=1S/C12H19NO3S3/c1-4-18-11(17)19-12(2,9-13)6-5-10(14)16-8-7-15-3/h4-8H2,1-3H3. The van der Waals surface area contributed by atoms with Gasteiger partial charge in [-0.2, -0.15) is 5.26 Å². The summed E-state index contributed by atoms with van der Waals surface area (Å²) < 4.78 is 9.79. The molecule has 0 heterocycles. The van der Waals surface area contributed by atoms with Gasteiger partial charge in [0.2, 0.25) is 0 Å². The van der Waals surface area contributed by atoms with E-state index in [2.05, 4.69) is 6.07 Å². The summed E-state index contributed by atoms with van der Waals surface area (Å²) in [7, 11) is 1.55. The van der Waals surface area contributed by atoms with Crippen LogP contribution in [-0.4, -0.2) is 40.3 Å². The summed E-state index contributed by atoms with van der Waals surface area (Å²) in [5.74, 6) is 0.569. The number of ether oxygens (including phenoxy) is 2. The van der Waals surface area contributed by atoms with E-state index in [1.54, 1.807) is 14.0 Å². The van der Waals surface area contributed by atoms with Gasteiger partial charge in [0.25, 0.3) is 0 Å². The molecule has 7 heteroatoms. The van der Waals surface area contributed by atoms with Gasteiger partial charge in [-0.25, -0.2) is 0 Å².